The predicted molar refractivity (Wildman–Crippen MR) is 126 cm³/mol. The van der Waals surface area contributed by atoms with E-state index in [0.717, 1.165) is 16.7 Å². The molecule has 0 atom stereocenters. The molecule has 0 saturated carbocycles. The Morgan fingerprint density at radius 3 is 2.00 bits per heavy atom. The topological polar surface area (TPSA) is 90.2 Å². The molecule has 1 aliphatic rings. The zero-order valence-electron chi connectivity index (χ0n) is 19.4. The number of aromatic hydroxyl groups is 1. The minimum atomic E-state index is -1.11. The van der Waals surface area contributed by atoms with Gasteiger partial charge in [0.25, 0.3) is 5.91 Å². The van der Waals surface area contributed by atoms with Crippen molar-refractivity contribution in [2.24, 2.45) is 4.99 Å². The van der Waals surface area contributed by atoms with Crippen LogP contribution in [0.1, 0.15) is 63.8 Å². The van der Waals surface area contributed by atoms with Crippen LogP contribution in [-0.2, 0) is 20.4 Å². The van der Waals surface area contributed by atoms with Gasteiger partial charge in [-0.15, -0.1) is 0 Å². The van der Waals surface area contributed by atoms with E-state index >= 15 is 0 Å². The van der Waals surface area contributed by atoms with Crippen LogP contribution in [0.25, 0.3) is 6.08 Å². The van der Waals surface area contributed by atoms with Crippen molar-refractivity contribution in [1.82, 2.24) is 4.90 Å². The van der Waals surface area contributed by atoms with E-state index in [-0.39, 0.29) is 22.3 Å². The van der Waals surface area contributed by atoms with Gasteiger partial charge in [0.2, 0.25) is 0 Å². The first-order chi connectivity index (χ1) is 14.8. The first-order valence-electron chi connectivity index (χ1n) is 10.6. The summed E-state index contributed by atoms with van der Waals surface area (Å²) in [4.78, 5) is 30.2. The summed E-state index contributed by atoms with van der Waals surface area (Å²) in [6, 6.07) is 12.8. The van der Waals surface area contributed by atoms with Crippen LogP contribution in [0.3, 0.4) is 0 Å². The second-order valence-corrected chi connectivity index (χ2v) is 10.1. The van der Waals surface area contributed by atoms with E-state index in [2.05, 4.69) is 4.99 Å². The van der Waals surface area contributed by atoms with Crippen LogP contribution in [0.2, 0.25) is 0 Å². The quantitative estimate of drug-likeness (QED) is 0.683. The molecular weight excluding hydrogens is 404 g/mol. The number of hydrogen-bond donors (Lipinski definition) is 2. The molecule has 1 amide bonds. The molecular formula is C26H30N2O4. The van der Waals surface area contributed by atoms with Crippen molar-refractivity contribution in [2.45, 2.75) is 52.4 Å². The summed E-state index contributed by atoms with van der Waals surface area (Å²) in [6.45, 7) is 11.6. The van der Waals surface area contributed by atoms with Crippen LogP contribution in [0.4, 0.5) is 0 Å². The van der Waals surface area contributed by atoms with E-state index in [9.17, 15) is 19.8 Å². The van der Waals surface area contributed by atoms with Crippen molar-refractivity contribution in [3.63, 3.8) is 0 Å². The maximum absolute atomic E-state index is 13.1. The van der Waals surface area contributed by atoms with Gasteiger partial charge in [0, 0.05) is 16.7 Å². The fraction of sp³-hybridized carbons (Fsp3) is 0.346. The van der Waals surface area contributed by atoms with Gasteiger partial charge in [0.05, 0.1) is 0 Å². The van der Waals surface area contributed by atoms with Gasteiger partial charge in [-0.25, -0.2) is 4.99 Å². The van der Waals surface area contributed by atoms with Crippen molar-refractivity contribution in [2.75, 3.05) is 6.54 Å². The SMILES string of the molecule is CC(C)(C)c1cc(/C=C2\N=C(c3ccccc3)N(CC(=O)O)C2=O)cc(C(C)(C)C)c1O. The molecule has 0 saturated heterocycles. The standard InChI is InChI=1S/C26H30N2O4/c1-25(2,3)18-12-16(13-19(22(18)31)26(4,5)6)14-20-24(32)28(15-21(29)30)23(27-20)17-10-8-7-9-11-17/h7-14,31H,15H2,1-6H3,(H,29,30)/b20-14-. The highest BCUT2D eigenvalue weighted by molar-refractivity contribution is 6.20. The molecule has 1 heterocycles. The zero-order chi connectivity index (χ0) is 23.8. The lowest BCUT2D eigenvalue weighted by atomic mass is 9.78. The minimum absolute atomic E-state index is 0.163. The van der Waals surface area contributed by atoms with Crippen LogP contribution in [0, 0.1) is 0 Å². The lowest BCUT2D eigenvalue weighted by Crippen LogP contribution is -2.37. The van der Waals surface area contributed by atoms with Crippen molar-refractivity contribution >= 4 is 23.8 Å². The number of carboxylic acids is 1. The molecule has 0 aliphatic carbocycles. The lowest BCUT2D eigenvalue weighted by molar-refractivity contribution is -0.140. The third-order valence-corrected chi connectivity index (χ3v) is 5.32. The van der Waals surface area contributed by atoms with E-state index < -0.39 is 18.4 Å². The van der Waals surface area contributed by atoms with Gasteiger partial charge >= 0.3 is 5.97 Å². The van der Waals surface area contributed by atoms with E-state index in [0.29, 0.717) is 11.4 Å². The highest BCUT2D eigenvalue weighted by atomic mass is 16.4. The van der Waals surface area contributed by atoms with Gasteiger partial charge in [0.15, 0.2) is 0 Å². The number of carbonyl (C=O) groups excluding carboxylic acids is 1. The fourth-order valence-corrected chi connectivity index (χ4v) is 3.68. The van der Waals surface area contributed by atoms with Gasteiger partial charge < -0.3 is 10.2 Å². The Bertz CT molecular complexity index is 1080. The van der Waals surface area contributed by atoms with Gasteiger partial charge in [-0.05, 0) is 34.6 Å². The van der Waals surface area contributed by atoms with E-state index in [1.54, 1.807) is 18.2 Å². The molecule has 168 valence electrons. The molecule has 0 spiro atoms. The highest BCUT2D eigenvalue weighted by Crippen LogP contribution is 2.40. The molecule has 0 unspecified atom stereocenters. The highest BCUT2D eigenvalue weighted by Gasteiger charge is 2.33. The van der Waals surface area contributed by atoms with Gasteiger partial charge in [0.1, 0.15) is 23.8 Å². The molecule has 0 radical (unpaired) electrons. The number of nitrogens with zero attached hydrogens (tertiary/aromatic N) is 2. The van der Waals surface area contributed by atoms with Crippen molar-refractivity contribution in [3.05, 3.63) is 70.4 Å². The predicted octanol–water partition coefficient (Wildman–Crippen LogP) is 4.70. The number of phenolic OH excluding ortho intramolecular Hbond substituents is 1. The van der Waals surface area contributed by atoms with E-state index in [1.807, 2.05) is 71.9 Å². The van der Waals surface area contributed by atoms with E-state index in [4.69, 9.17) is 0 Å². The Balaban J connectivity index is 2.17. The third-order valence-electron chi connectivity index (χ3n) is 5.32. The number of aliphatic carboxylic acids is 1. The second kappa shape index (κ2) is 8.26. The van der Waals surface area contributed by atoms with Crippen LogP contribution in [-0.4, -0.2) is 39.4 Å². The van der Waals surface area contributed by atoms with Gasteiger partial charge in [-0.2, -0.15) is 0 Å². The third kappa shape index (κ3) is 4.74. The Morgan fingerprint density at radius 2 is 1.53 bits per heavy atom. The number of amides is 1. The Kier molecular flexibility index (Phi) is 6.00. The van der Waals surface area contributed by atoms with Crippen molar-refractivity contribution in [3.8, 4) is 5.75 Å². The average molecular weight is 435 g/mol. The molecule has 3 rings (SSSR count). The average Bonchev–Trinajstić information content (AvgIpc) is 2.97. The number of carbonyl (C=O) groups is 2. The summed E-state index contributed by atoms with van der Waals surface area (Å²) in [6.07, 6.45) is 1.66. The number of hydrogen-bond acceptors (Lipinski definition) is 4. The summed E-state index contributed by atoms with van der Waals surface area (Å²) >= 11 is 0. The Morgan fingerprint density at radius 1 is 1.00 bits per heavy atom. The molecule has 0 fully saturated rings. The maximum Gasteiger partial charge on any atom is 0.323 e. The summed E-state index contributed by atoms with van der Waals surface area (Å²) in [7, 11) is 0. The summed E-state index contributed by atoms with van der Waals surface area (Å²) in [5.74, 6) is -1.01. The molecule has 2 aromatic rings. The van der Waals surface area contributed by atoms with Gasteiger partial charge in [-0.3, -0.25) is 14.5 Å². The van der Waals surface area contributed by atoms with E-state index in [1.165, 1.54) is 4.90 Å². The number of amidine groups is 1. The van der Waals surface area contributed by atoms with Crippen LogP contribution < -0.4 is 0 Å². The maximum atomic E-state index is 13.1. The number of rotatable bonds is 4. The summed E-state index contributed by atoms with van der Waals surface area (Å²) in [5.41, 5.74) is 2.48. The summed E-state index contributed by atoms with van der Waals surface area (Å²) in [5, 5.41) is 20.3. The molecule has 2 N–H and O–H groups in total. The number of benzene rings is 2. The van der Waals surface area contributed by atoms with Crippen molar-refractivity contribution < 1.29 is 19.8 Å². The van der Waals surface area contributed by atoms with Gasteiger partial charge in [-0.1, -0.05) is 71.9 Å². The normalized spacial score (nSPS) is 15.9. The molecule has 0 bridgehead atoms. The molecule has 32 heavy (non-hydrogen) atoms. The smallest absolute Gasteiger partial charge is 0.323 e. The van der Waals surface area contributed by atoms with Crippen LogP contribution >= 0.6 is 0 Å². The molecule has 6 heteroatoms. The van der Waals surface area contributed by atoms with Crippen LogP contribution in [0.5, 0.6) is 5.75 Å². The van der Waals surface area contributed by atoms with Crippen LogP contribution in [0.15, 0.2) is 53.2 Å². The second-order valence-electron chi connectivity index (χ2n) is 10.1. The minimum Gasteiger partial charge on any atom is -0.507 e. The number of carboxylic acid groups (broad SMARTS) is 1. The number of phenols is 1. The first-order valence-corrected chi connectivity index (χ1v) is 10.6. The molecule has 1 aliphatic heterocycles. The Hall–Kier alpha value is -3.41. The van der Waals surface area contributed by atoms with Crippen molar-refractivity contribution in [1.29, 1.82) is 0 Å². The molecule has 6 nitrogen and oxygen atoms in total. The lowest BCUT2D eigenvalue weighted by Gasteiger charge is -2.28. The summed E-state index contributed by atoms with van der Waals surface area (Å²) < 4.78 is 0. The zero-order valence-corrected chi connectivity index (χ0v) is 19.4. The molecule has 0 aromatic heterocycles. The first kappa shape index (κ1) is 23.3. The molecule has 2 aromatic carbocycles. The number of aliphatic imine (C=N–C) groups is 1. The Labute approximate surface area is 188 Å². The fourth-order valence-electron chi connectivity index (χ4n) is 3.68. The largest absolute Gasteiger partial charge is 0.507 e. The monoisotopic (exact) mass is 434 g/mol.